The minimum Gasteiger partial charge on any atom is -0.322 e. The number of aryl methyl sites for hydroxylation is 2. The molecule has 0 fully saturated rings. The smallest absolute Gasteiger partial charge is 0.322 e. The number of anilines is 1. The van der Waals surface area contributed by atoms with Gasteiger partial charge in [0.1, 0.15) is 5.56 Å². The second kappa shape index (κ2) is 7.01. The molecule has 0 radical (unpaired) electrons. The lowest BCUT2D eigenvalue weighted by Crippen LogP contribution is -2.38. The summed E-state index contributed by atoms with van der Waals surface area (Å²) in [6.07, 6.45) is 1.12. The number of carbonyl (C=O) groups excluding carboxylic acids is 1. The summed E-state index contributed by atoms with van der Waals surface area (Å²) >= 11 is 5.84. The lowest BCUT2D eigenvalue weighted by atomic mass is 10.1. The van der Waals surface area contributed by atoms with Crippen molar-refractivity contribution in [2.24, 2.45) is 0 Å². The number of amides is 1. The van der Waals surface area contributed by atoms with Gasteiger partial charge in [0.2, 0.25) is 0 Å². The maximum Gasteiger partial charge on any atom is 0.333 e. The Morgan fingerprint density at radius 2 is 1.65 bits per heavy atom. The molecule has 0 bridgehead atoms. The van der Waals surface area contributed by atoms with Crippen molar-refractivity contribution in [3.63, 3.8) is 0 Å². The lowest BCUT2D eigenvalue weighted by molar-refractivity contribution is 0.102. The van der Waals surface area contributed by atoms with Crippen LogP contribution in [-0.2, 0) is 0 Å². The van der Waals surface area contributed by atoms with Gasteiger partial charge in [-0.1, -0.05) is 17.7 Å². The first-order valence-electron chi connectivity index (χ1n) is 7.85. The standard InChI is InChI=1S/C19H16ClN3O3/c1-11-7-12(2)9-14(8-11)22-17(24)16-10-21-19(26)23(18(16)25)15-5-3-13(20)4-6-15/h3-10H,1-2H3,(H,21,26)(H,22,24). The molecule has 3 aromatic rings. The maximum absolute atomic E-state index is 12.7. The highest BCUT2D eigenvalue weighted by Crippen LogP contribution is 2.14. The number of nitrogens with zero attached hydrogens (tertiary/aromatic N) is 1. The molecule has 0 saturated heterocycles. The van der Waals surface area contributed by atoms with E-state index in [9.17, 15) is 14.4 Å². The summed E-state index contributed by atoms with van der Waals surface area (Å²) in [7, 11) is 0. The van der Waals surface area contributed by atoms with Gasteiger partial charge in [-0.2, -0.15) is 0 Å². The van der Waals surface area contributed by atoms with Crippen molar-refractivity contribution in [1.82, 2.24) is 9.55 Å². The largest absolute Gasteiger partial charge is 0.333 e. The minimum absolute atomic E-state index is 0.168. The summed E-state index contributed by atoms with van der Waals surface area (Å²) in [6.45, 7) is 3.83. The van der Waals surface area contributed by atoms with Gasteiger partial charge in [-0.25, -0.2) is 9.36 Å². The zero-order valence-electron chi connectivity index (χ0n) is 14.2. The molecule has 0 aliphatic carbocycles. The molecule has 0 atom stereocenters. The molecule has 132 valence electrons. The molecule has 7 heteroatoms. The molecule has 2 N–H and O–H groups in total. The van der Waals surface area contributed by atoms with Crippen molar-refractivity contribution in [2.45, 2.75) is 13.8 Å². The quantitative estimate of drug-likeness (QED) is 0.744. The van der Waals surface area contributed by atoms with Crippen LogP contribution in [0.2, 0.25) is 5.02 Å². The van der Waals surface area contributed by atoms with Gasteiger partial charge >= 0.3 is 5.69 Å². The van der Waals surface area contributed by atoms with E-state index in [1.54, 1.807) is 24.3 Å². The number of aromatic nitrogens is 2. The third-order valence-corrected chi connectivity index (χ3v) is 4.04. The van der Waals surface area contributed by atoms with Crippen LogP contribution in [0.15, 0.2) is 58.3 Å². The van der Waals surface area contributed by atoms with Gasteiger partial charge in [-0.05, 0) is 61.4 Å². The van der Waals surface area contributed by atoms with E-state index in [2.05, 4.69) is 10.3 Å². The topological polar surface area (TPSA) is 84.0 Å². The predicted molar refractivity (Wildman–Crippen MR) is 102 cm³/mol. The summed E-state index contributed by atoms with van der Waals surface area (Å²) < 4.78 is 0.896. The number of benzene rings is 2. The SMILES string of the molecule is Cc1cc(C)cc(NC(=O)c2c[nH]c(=O)n(-c3ccc(Cl)cc3)c2=O)c1. The highest BCUT2D eigenvalue weighted by atomic mass is 35.5. The summed E-state index contributed by atoms with van der Waals surface area (Å²) in [6, 6.07) is 11.8. The van der Waals surface area contributed by atoms with Crippen LogP contribution in [0.5, 0.6) is 0 Å². The Morgan fingerprint density at radius 3 is 2.27 bits per heavy atom. The number of halogens is 1. The first-order chi connectivity index (χ1) is 12.3. The zero-order valence-corrected chi connectivity index (χ0v) is 14.9. The van der Waals surface area contributed by atoms with Gasteiger partial charge in [0.15, 0.2) is 0 Å². The second-order valence-electron chi connectivity index (χ2n) is 5.95. The molecule has 0 unspecified atom stereocenters. The van der Waals surface area contributed by atoms with Crippen LogP contribution in [0.1, 0.15) is 21.5 Å². The number of H-pyrrole nitrogens is 1. The van der Waals surface area contributed by atoms with Crippen LogP contribution in [-0.4, -0.2) is 15.5 Å². The first kappa shape index (κ1) is 17.7. The van der Waals surface area contributed by atoms with E-state index in [0.29, 0.717) is 16.4 Å². The number of hydrogen-bond acceptors (Lipinski definition) is 3. The first-order valence-corrected chi connectivity index (χ1v) is 8.23. The number of nitrogens with one attached hydrogen (secondary N) is 2. The average molecular weight is 370 g/mol. The Hall–Kier alpha value is -3.12. The van der Waals surface area contributed by atoms with Crippen LogP contribution in [0.25, 0.3) is 5.69 Å². The molecule has 1 amide bonds. The molecular weight excluding hydrogens is 354 g/mol. The third kappa shape index (κ3) is 3.60. The molecule has 26 heavy (non-hydrogen) atoms. The van der Waals surface area contributed by atoms with E-state index in [4.69, 9.17) is 11.6 Å². The van der Waals surface area contributed by atoms with Crippen molar-refractivity contribution >= 4 is 23.2 Å². The van der Waals surface area contributed by atoms with Crippen LogP contribution < -0.4 is 16.6 Å². The summed E-state index contributed by atoms with van der Waals surface area (Å²) in [5.41, 5.74) is 1.36. The van der Waals surface area contributed by atoms with E-state index < -0.39 is 17.2 Å². The fourth-order valence-corrected chi connectivity index (χ4v) is 2.83. The van der Waals surface area contributed by atoms with Crippen molar-refractivity contribution < 1.29 is 4.79 Å². The van der Waals surface area contributed by atoms with Gasteiger partial charge in [-0.3, -0.25) is 9.59 Å². The van der Waals surface area contributed by atoms with Gasteiger partial charge in [0.05, 0.1) is 5.69 Å². The van der Waals surface area contributed by atoms with Crippen LogP contribution >= 0.6 is 11.6 Å². The second-order valence-corrected chi connectivity index (χ2v) is 6.39. The molecule has 0 aliphatic heterocycles. The Kier molecular flexibility index (Phi) is 4.77. The molecule has 1 heterocycles. The van der Waals surface area contributed by atoms with Gasteiger partial charge in [0, 0.05) is 16.9 Å². The fraction of sp³-hybridized carbons (Fsp3) is 0.105. The minimum atomic E-state index is -0.710. The Labute approximate surface area is 154 Å². The van der Waals surface area contributed by atoms with Crippen molar-refractivity contribution in [3.05, 3.63) is 91.2 Å². The van der Waals surface area contributed by atoms with Crippen LogP contribution in [0.3, 0.4) is 0 Å². The molecule has 2 aromatic carbocycles. The van der Waals surface area contributed by atoms with E-state index in [1.807, 2.05) is 19.9 Å². The van der Waals surface area contributed by atoms with E-state index >= 15 is 0 Å². The van der Waals surface area contributed by atoms with Gasteiger partial charge < -0.3 is 10.3 Å². The Balaban J connectivity index is 2.02. The summed E-state index contributed by atoms with van der Waals surface area (Å²) in [4.78, 5) is 39.7. The maximum atomic E-state index is 12.7. The Bertz CT molecular complexity index is 1080. The van der Waals surface area contributed by atoms with Crippen molar-refractivity contribution in [2.75, 3.05) is 5.32 Å². The fourth-order valence-electron chi connectivity index (χ4n) is 2.71. The zero-order chi connectivity index (χ0) is 18.8. The molecule has 0 aliphatic rings. The highest BCUT2D eigenvalue weighted by Gasteiger charge is 2.16. The van der Waals surface area contributed by atoms with Crippen molar-refractivity contribution in [3.8, 4) is 5.69 Å². The molecule has 1 aromatic heterocycles. The van der Waals surface area contributed by atoms with E-state index in [-0.39, 0.29) is 5.56 Å². The normalized spacial score (nSPS) is 10.6. The number of carbonyl (C=O) groups is 1. The number of aromatic amines is 1. The van der Waals surface area contributed by atoms with Crippen molar-refractivity contribution in [1.29, 1.82) is 0 Å². The number of rotatable bonds is 3. The number of hydrogen-bond donors (Lipinski definition) is 2. The Morgan fingerprint density at radius 1 is 1.04 bits per heavy atom. The molecule has 0 saturated carbocycles. The molecule has 0 spiro atoms. The van der Waals surface area contributed by atoms with Gasteiger partial charge in [-0.15, -0.1) is 0 Å². The van der Waals surface area contributed by atoms with E-state index in [1.165, 1.54) is 12.1 Å². The van der Waals surface area contributed by atoms with Crippen LogP contribution in [0, 0.1) is 13.8 Å². The van der Waals surface area contributed by atoms with E-state index in [0.717, 1.165) is 21.9 Å². The third-order valence-electron chi connectivity index (χ3n) is 3.79. The van der Waals surface area contributed by atoms with Crippen LogP contribution in [0.4, 0.5) is 5.69 Å². The average Bonchev–Trinajstić information content (AvgIpc) is 2.55. The molecular formula is C19H16ClN3O3. The predicted octanol–water partition coefficient (Wildman–Crippen LogP) is 3.05. The monoisotopic (exact) mass is 369 g/mol. The molecule has 3 rings (SSSR count). The lowest BCUT2D eigenvalue weighted by Gasteiger charge is -2.09. The molecule has 6 nitrogen and oxygen atoms in total. The summed E-state index contributed by atoms with van der Waals surface area (Å²) in [5, 5.41) is 3.17. The highest BCUT2D eigenvalue weighted by molar-refractivity contribution is 6.30. The van der Waals surface area contributed by atoms with Gasteiger partial charge in [0.25, 0.3) is 11.5 Å². The summed E-state index contributed by atoms with van der Waals surface area (Å²) in [5.74, 6) is -0.598.